The third-order valence-corrected chi connectivity index (χ3v) is 6.14. The molecule has 0 fully saturated rings. The molecule has 0 radical (unpaired) electrons. The van der Waals surface area contributed by atoms with Crippen molar-refractivity contribution in [1.82, 2.24) is 9.21 Å². The molecule has 0 unspecified atom stereocenters. The van der Waals surface area contributed by atoms with E-state index in [1.165, 1.54) is 19.2 Å². The topological polar surface area (TPSA) is 57.7 Å². The van der Waals surface area contributed by atoms with Crippen LogP contribution < -0.4 is 0 Å². The van der Waals surface area contributed by atoms with Crippen molar-refractivity contribution in [1.29, 1.82) is 0 Å². The monoisotopic (exact) mass is 436 g/mol. The second-order valence-electron chi connectivity index (χ2n) is 5.76. The summed E-state index contributed by atoms with van der Waals surface area (Å²) in [5, 5.41) is 0. The van der Waals surface area contributed by atoms with Crippen LogP contribution in [0.3, 0.4) is 0 Å². The minimum absolute atomic E-state index is 0.148. The van der Waals surface area contributed by atoms with Gasteiger partial charge in [0.25, 0.3) is 0 Å². The Kier molecular flexibility index (Phi) is 7.14. The van der Waals surface area contributed by atoms with Gasteiger partial charge in [0.1, 0.15) is 0 Å². The fourth-order valence-corrected chi connectivity index (χ4v) is 3.76. The molecule has 0 saturated heterocycles. The molecule has 7 heteroatoms. The molecule has 0 aromatic heterocycles. The number of benzene rings is 2. The van der Waals surface area contributed by atoms with Crippen molar-refractivity contribution in [2.24, 2.45) is 0 Å². The summed E-state index contributed by atoms with van der Waals surface area (Å²) < 4.78 is 27.1. The number of amides is 1. The zero-order chi connectivity index (χ0) is 19.2. The number of hydrogen-bond acceptors (Lipinski definition) is 3. The second-order valence-corrected chi connectivity index (χ2v) is 8.72. The van der Waals surface area contributed by atoms with Gasteiger partial charge in [0.05, 0.1) is 11.4 Å². The number of nitrogens with zero attached hydrogens (tertiary/aromatic N) is 2. The second kappa shape index (κ2) is 9.12. The lowest BCUT2D eigenvalue weighted by Gasteiger charge is -2.24. The van der Waals surface area contributed by atoms with Crippen LogP contribution in [0.15, 0.2) is 76.6 Å². The summed E-state index contributed by atoms with van der Waals surface area (Å²) in [5.41, 5.74) is 0.973. The molecule has 138 valence electrons. The van der Waals surface area contributed by atoms with Gasteiger partial charge >= 0.3 is 0 Å². The highest BCUT2D eigenvalue weighted by molar-refractivity contribution is 9.10. The molecule has 5 nitrogen and oxygen atoms in total. The zero-order valence-electron chi connectivity index (χ0n) is 14.5. The molecule has 2 rings (SSSR count). The van der Waals surface area contributed by atoms with Crippen LogP contribution in [-0.4, -0.2) is 43.7 Å². The van der Waals surface area contributed by atoms with Crippen LogP contribution >= 0.6 is 15.9 Å². The Morgan fingerprint density at radius 2 is 1.73 bits per heavy atom. The minimum Gasteiger partial charge on any atom is -0.334 e. The lowest BCUT2D eigenvalue weighted by molar-refractivity contribution is -0.131. The summed E-state index contributed by atoms with van der Waals surface area (Å²) in [6.45, 7) is 4.19. The van der Waals surface area contributed by atoms with Crippen LogP contribution in [0.1, 0.15) is 5.56 Å². The molecule has 0 N–H and O–H groups in total. The summed E-state index contributed by atoms with van der Waals surface area (Å²) in [7, 11) is -2.33. The average molecular weight is 437 g/mol. The molecule has 0 saturated carbocycles. The highest BCUT2D eigenvalue weighted by Gasteiger charge is 2.25. The average Bonchev–Trinajstić information content (AvgIpc) is 2.62. The fraction of sp³-hybridized carbons (Fsp3) is 0.211. The van der Waals surface area contributed by atoms with Crippen LogP contribution in [0, 0.1) is 0 Å². The van der Waals surface area contributed by atoms with Gasteiger partial charge in [-0.05, 0) is 29.8 Å². The molecule has 1 amide bonds. The number of rotatable bonds is 8. The molecule has 0 heterocycles. The molecule has 0 bridgehead atoms. The molecule has 0 spiro atoms. The van der Waals surface area contributed by atoms with E-state index in [1.807, 2.05) is 30.3 Å². The quantitative estimate of drug-likeness (QED) is 0.596. The standard InChI is InChI=1S/C19H21BrN2O3S/c1-3-13-22(14-16-7-5-4-6-8-16)19(23)15-21(2)26(24,25)18-11-9-17(20)10-12-18/h3-12H,1,13-15H2,2H3. The predicted octanol–water partition coefficient (Wildman–Crippen LogP) is 3.28. The normalized spacial score (nSPS) is 11.3. The Morgan fingerprint density at radius 3 is 2.31 bits per heavy atom. The molecule has 0 aliphatic heterocycles. The first kappa shape index (κ1) is 20.4. The molecular weight excluding hydrogens is 416 g/mol. The first-order valence-electron chi connectivity index (χ1n) is 7.99. The van der Waals surface area contributed by atoms with E-state index < -0.39 is 10.0 Å². The number of carbonyl (C=O) groups excluding carboxylic acids is 1. The van der Waals surface area contributed by atoms with E-state index in [4.69, 9.17) is 0 Å². The van der Waals surface area contributed by atoms with Crippen molar-refractivity contribution >= 4 is 31.9 Å². The lowest BCUT2D eigenvalue weighted by atomic mass is 10.2. The first-order valence-corrected chi connectivity index (χ1v) is 10.2. The Morgan fingerprint density at radius 1 is 1.12 bits per heavy atom. The van der Waals surface area contributed by atoms with Gasteiger partial charge < -0.3 is 4.90 Å². The van der Waals surface area contributed by atoms with Gasteiger partial charge in [-0.25, -0.2) is 8.42 Å². The van der Waals surface area contributed by atoms with Gasteiger partial charge in [-0.2, -0.15) is 4.31 Å². The number of sulfonamides is 1. The van der Waals surface area contributed by atoms with Gasteiger partial charge in [0.2, 0.25) is 15.9 Å². The van der Waals surface area contributed by atoms with E-state index in [1.54, 1.807) is 23.1 Å². The minimum atomic E-state index is -3.73. The molecule has 26 heavy (non-hydrogen) atoms. The molecule has 0 aliphatic rings. The van der Waals surface area contributed by atoms with Crippen molar-refractivity contribution in [3.63, 3.8) is 0 Å². The lowest BCUT2D eigenvalue weighted by Crippen LogP contribution is -2.40. The SMILES string of the molecule is C=CCN(Cc1ccccc1)C(=O)CN(C)S(=O)(=O)c1ccc(Br)cc1. The Hall–Kier alpha value is -1.96. The van der Waals surface area contributed by atoms with Gasteiger partial charge in [0.15, 0.2) is 0 Å². The smallest absolute Gasteiger partial charge is 0.243 e. The molecule has 2 aromatic carbocycles. The third kappa shape index (κ3) is 5.27. The van der Waals surface area contributed by atoms with E-state index in [-0.39, 0.29) is 17.3 Å². The van der Waals surface area contributed by atoms with E-state index >= 15 is 0 Å². The maximum Gasteiger partial charge on any atom is 0.243 e. The highest BCUT2D eigenvalue weighted by Crippen LogP contribution is 2.18. The van der Waals surface area contributed by atoms with E-state index in [2.05, 4.69) is 22.5 Å². The number of halogens is 1. The molecule has 0 atom stereocenters. The highest BCUT2D eigenvalue weighted by atomic mass is 79.9. The molecule has 0 aliphatic carbocycles. The van der Waals surface area contributed by atoms with Gasteiger partial charge in [-0.1, -0.05) is 52.3 Å². The van der Waals surface area contributed by atoms with Crippen molar-refractivity contribution in [2.45, 2.75) is 11.4 Å². The van der Waals surface area contributed by atoms with Crippen LogP contribution in [-0.2, 0) is 21.4 Å². The number of carbonyl (C=O) groups is 1. The maximum absolute atomic E-state index is 12.6. The fourth-order valence-electron chi connectivity index (χ4n) is 2.38. The van der Waals surface area contributed by atoms with Crippen LogP contribution in [0.5, 0.6) is 0 Å². The summed E-state index contributed by atoms with van der Waals surface area (Å²) in [5.74, 6) is -0.281. The van der Waals surface area contributed by atoms with E-state index in [9.17, 15) is 13.2 Å². The maximum atomic E-state index is 12.6. The van der Waals surface area contributed by atoms with Crippen molar-refractivity contribution in [2.75, 3.05) is 20.1 Å². The largest absolute Gasteiger partial charge is 0.334 e. The number of likely N-dealkylation sites (N-methyl/N-ethyl adjacent to an activating group) is 1. The van der Waals surface area contributed by atoms with Crippen LogP contribution in [0.2, 0.25) is 0 Å². The van der Waals surface area contributed by atoms with Gasteiger partial charge in [-0.15, -0.1) is 6.58 Å². The Labute approximate surface area is 163 Å². The summed E-state index contributed by atoms with van der Waals surface area (Å²) in [4.78, 5) is 14.4. The van der Waals surface area contributed by atoms with Crippen molar-refractivity contribution < 1.29 is 13.2 Å². The van der Waals surface area contributed by atoms with Crippen LogP contribution in [0.4, 0.5) is 0 Å². The van der Waals surface area contributed by atoms with E-state index in [0.29, 0.717) is 13.1 Å². The van der Waals surface area contributed by atoms with Gasteiger partial charge in [-0.3, -0.25) is 4.79 Å². The summed E-state index contributed by atoms with van der Waals surface area (Å²) in [6, 6.07) is 15.9. The van der Waals surface area contributed by atoms with Crippen molar-refractivity contribution in [3.05, 3.63) is 77.3 Å². The Balaban J connectivity index is 2.11. The number of hydrogen-bond donors (Lipinski definition) is 0. The zero-order valence-corrected chi connectivity index (χ0v) is 16.9. The Bertz CT molecular complexity index is 852. The third-order valence-electron chi connectivity index (χ3n) is 3.80. The molecular formula is C19H21BrN2O3S. The summed E-state index contributed by atoms with van der Waals surface area (Å²) >= 11 is 3.28. The van der Waals surface area contributed by atoms with Gasteiger partial charge in [0, 0.05) is 24.6 Å². The van der Waals surface area contributed by atoms with Crippen molar-refractivity contribution in [3.8, 4) is 0 Å². The summed E-state index contributed by atoms with van der Waals surface area (Å²) in [6.07, 6.45) is 1.63. The predicted molar refractivity (Wildman–Crippen MR) is 106 cm³/mol. The van der Waals surface area contributed by atoms with E-state index in [0.717, 1.165) is 14.3 Å². The molecule has 2 aromatic rings. The first-order chi connectivity index (χ1) is 12.3. The van der Waals surface area contributed by atoms with Crippen LogP contribution in [0.25, 0.3) is 0 Å².